The van der Waals surface area contributed by atoms with Crippen LogP contribution in [0, 0.1) is 0 Å². The normalized spacial score (nSPS) is 20.2. The zero-order chi connectivity index (χ0) is 15.3. The fourth-order valence-corrected chi connectivity index (χ4v) is 2.65. The monoisotopic (exact) mass is 292 g/mol. The number of nitrogens with one attached hydrogen (secondary N) is 1. The largest absolute Gasteiger partial charge is 0.497 e. The number of ether oxygens (including phenoxy) is 1. The molecule has 0 saturated carbocycles. The summed E-state index contributed by atoms with van der Waals surface area (Å²) in [5.41, 5.74) is 10.8. The molecule has 1 unspecified atom stereocenters. The van der Waals surface area contributed by atoms with E-state index in [0.29, 0.717) is 6.54 Å². The van der Waals surface area contributed by atoms with E-state index in [1.807, 2.05) is 12.1 Å². The summed E-state index contributed by atoms with van der Waals surface area (Å²) >= 11 is 0. The minimum atomic E-state index is -0.121. The number of likely N-dealkylation sites (N-methyl/N-ethyl adjacent to an activating group) is 1. The van der Waals surface area contributed by atoms with E-state index in [2.05, 4.69) is 41.4 Å². The predicted molar refractivity (Wildman–Crippen MR) is 86.4 cm³/mol. The van der Waals surface area contributed by atoms with Crippen LogP contribution in [-0.2, 0) is 6.42 Å². The fourth-order valence-electron chi connectivity index (χ4n) is 2.65. The summed E-state index contributed by atoms with van der Waals surface area (Å²) in [6, 6.07) is 8.22. The Labute approximate surface area is 128 Å². The van der Waals surface area contributed by atoms with Crippen molar-refractivity contribution in [3.63, 3.8) is 0 Å². The average molecular weight is 292 g/mol. The third-order valence-electron chi connectivity index (χ3n) is 4.14. The zero-order valence-corrected chi connectivity index (χ0v) is 13.4. The van der Waals surface area contributed by atoms with Crippen LogP contribution in [0.2, 0.25) is 0 Å². The van der Waals surface area contributed by atoms with Crippen molar-refractivity contribution in [2.24, 2.45) is 5.73 Å². The van der Waals surface area contributed by atoms with Crippen LogP contribution in [0.5, 0.6) is 5.75 Å². The summed E-state index contributed by atoms with van der Waals surface area (Å²) in [6.07, 6.45) is 0.903. The Hall–Kier alpha value is -1.14. The maximum absolute atomic E-state index is 6.03. The number of nitrogens with two attached hydrogens (primary N) is 1. The van der Waals surface area contributed by atoms with Gasteiger partial charge in [-0.05, 0) is 38.1 Å². The van der Waals surface area contributed by atoms with E-state index in [1.165, 1.54) is 5.56 Å². The van der Waals surface area contributed by atoms with E-state index >= 15 is 0 Å². The van der Waals surface area contributed by atoms with Gasteiger partial charge in [-0.15, -0.1) is 0 Å². The molecule has 5 heteroatoms. The first-order chi connectivity index (χ1) is 10.0. The van der Waals surface area contributed by atoms with Crippen LogP contribution in [0.1, 0.15) is 12.5 Å². The van der Waals surface area contributed by atoms with Crippen molar-refractivity contribution in [1.82, 2.24) is 15.3 Å². The molecule has 0 aromatic heterocycles. The van der Waals surface area contributed by atoms with E-state index in [0.717, 1.165) is 38.3 Å². The third-order valence-corrected chi connectivity index (χ3v) is 4.14. The van der Waals surface area contributed by atoms with Crippen molar-refractivity contribution >= 4 is 0 Å². The van der Waals surface area contributed by atoms with Gasteiger partial charge >= 0.3 is 0 Å². The van der Waals surface area contributed by atoms with Crippen molar-refractivity contribution in [3.8, 4) is 5.75 Å². The Morgan fingerprint density at radius 2 is 1.81 bits per heavy atom. The molecule has 0 amide bonds. The lowest BCUT2D eigenvalue weighted by atomic mass is 9.93. The molecule has 1 aromatic carbocycles. The molecule has 1 saturated heterocycles. The quantitative estimate of drug-likeness (QED) is 0.809. The lowest BCUT2D eigenvalue weighted by molar-refractivity contribution is 0.0606. The van der Waals surface area contributed by atoms with Crippen LogP contribution < -0.4 is 15.9 Å². The van der Waals surface area contributed by atoms with Gasteiger partial charge in [0.2, 0.25) is 0 Å². The molecule has 1 fully saturated rings. The molecule has 118 valence electrons. The van der Waals surface area contributed by atoms with Crippen LogP contribution in [0.3, 0.4) is 0 Å². The number of hydrogen-bond donors (Lipinski definition) is 2. The van der Waals surface area contributed by atoms with E-state index in [9.17, 15) is 0 Å². The van der Waals surface area contributed by atoms with Crippen molar-refractivity contribution in [2.75, 3.05) is 46.9 Å². The number of nitrogens with zero attached hydrogens (tertiary/aromatic N) is 2. The van der Waals surface area contributed by atoms with Crippen LogP contribution in [0.4, 0.5) is 0 Å². The first kappa shape index (κ1) is 16.2. The topological polar surface area (TPSA) is 53.8 Å². The highest BCUT2D eigenvalue weighted by Crippen LogP contribution is 2.17. The lowest BCUT2D eigenvalue weighted by Crippen LogP contribution is -2.61. The summed E-state index contributed by atoms with van der Waals surface area (Å²) in [6.45, 7) is 7.05. The van der Waals surface area contributed by atoms with Gasteiger partial charge in [0.15, 0.2) is 0 Å². The van der Waals surface area contributed by atoms with Crippen molar-refractivity contribution < 1.29 is 4.74 Å². The van der Waals surface area contributed by atoms with Crippen LogP contribution >= 0.6 is 0 Å². The molecular formula is C16H28N4O. The number of methoxy groups -OCH3 is 1. The second-order valence-electron chi connectivity index (χ2n) is 6.19. The van der Waals surface area contributed by atoms with E-state index < -0.39 is 0 Å². The lowest BCUT2D eigenvalue weighted by Gasteiger charge is -2.40. The highest BCUT2D eigenvalue weighted by atomic mass is 16.5. The van der Waals surface area contributed by atoms with Crippen molar-refractivity contribution in [3.05, 3.63) is 29.8 Å². The summed E-state index contributed by atoms with van der Waals surface area (Å²) in [4.78, 5) is 2.35. The number of piperazine rings is 1. The number of hydrazine groups is 1. The van der Waals surface area contributed by atoms with Gasteiger partial charge in [-0.2, -0.15) is 0 Å². The van der Waals surface area contributed by atoms with E-state index in [-0.39, 0.29) is 5.54 Å². The van der Waals surface area contributed by atoms with Crippen molar-refractivity contribution in [2.45, 2.75) is 18.9 Å². The maximum Gasteiger partial charge on any atom is 0.118 e. The smallest absolute Gasteiger partial charge is 0.118 e. The Morgan fingerprint density at radius 3 is 2.33 bits per heavy atom. The molecule has 3 N–H and O–H groups in total. The van der Waals surface area contributed by atoms with E-state index in [1.54, 1.807) is 7.11 Å². The molecule has 0 aliphatic carbocycles. The Bertz CT molecular complexity index is 428. The van der Waals surface area contributed by atoms with Gasteiger partial charge in [0, 0.05) is 38.3 Å². The molecule has 1 aliphatic rings. The maximum atomic E-state index is 6.03. The van der Waals surface area contributed by atoms with Gasteiger partial charge in [0.25, 0.3) is 0 Å². The van der Waals surface area contributed by atoms with Crippen LogP contribution in [-0.4, -0.2) is 62.3 Å². The highest BCUT2D eigenvalue weighted by Gasteiger charge is 2.26. The molecule has 0 radical (unpaired) electrons. The standard InChI is InChI=1S/C16H28N4O/c1-16(13-17,18-20-10-8-19(2)9-11-20)12-14-4-6-15(21-3)7-5-14/h4-7,18H,8-13,17H2,1-3H3. The summed E-state index contributed by atoms with van der Waals surface area (Å²) in [7, 11) is 3.85. The zero-order valence-electron chi connectivity index (χ0n) is 13.4. The molecule has 5 nitrogen and oxygen atoms in total. The van der Waals surface area contributed by atoms with Gasteiger partial charge in [0.05, 0.1) is 7.11 Å². The molecular weight excluding hydrogens is 264 g/mol. The van der Waals surface area contributed by atoms with Crippen molar-refractivity contribution in [1.29, 1.82) is 0 Å². The van der Waals surface area contributed by atoms with Crippen LogP contribution in [0.15, 0.2) is 24.3 Å². The Balaban J connectivity index is 1.95. The SMILES string of the molecule is COc1ccc(CC(C)(CN)NN2CCN(C)CC2)cc1. The molecule has 21 heavy (non-hydrogen) atoms. The number of hydrogen-bond acceptors (Lipinski definition) is 5. The Kier molecular flexibility index (Phi) is 5.58. The van der Waals surface area contributed by atoms with Gasteiger partial charge in [-0.3, -0.25) is 0 Å². The molecule has 0 bridgehead atoms. The molecule has 1 heterocycles. The molecule has 1 aromatic rings. The first-order valence-electron chi connectivity index (χ1n) is 7.59. The third kappa shape index (κ3) is 4.68. The molecule has 0 spiro atoms. The summed E-state index contributed by atoms with van der Waals surface area (Å²) < 4.78 is 5.20. The van der Waals surface area contributed by atoms with Crippen LogP contribution in [0.25, 0.3) is 0 Å². The number of rotatable bonds is 6. The molecule has 1 aliphatic heterocycles. The molecule has 1 atom stereocenters. The second kappa shape index (κ2) is 7.22. The summed E-state index contributed by atoms with van der Waals surface area (Å²) in [5.74, 6) is 0.889. The minimum absolute atomic E-state index is 0.121. The van der Waals surface area contributed by atoms with Gasteiger partial charge in [-0.25, -0.2) is 10.4 Å². The minimum Gasteiger partial charge on any atom is -0.497 e. The predicted octanol–water partition coefficient (Wildman–Crippen LogP) is 0.707. The highest BCUT2D eigenvalue weighted by molar-refractivity contribution is 5.28. The van der Waals surface area contributed by atoms with Gasteiger partial charge in [0.1, 0.15) is 5.75 Å². The average Bonchev–Trinajstić information content (AvgIpc) is 2.50. The number of benzene rings is 1. The fraction of sp³-hybridized carbons (Fsp3) is 0.625. The second-order valence-corrected chi connectivity index (χ2v) is 6.19. The first-order valence-corrected chi connectivity index (χ1v) is 7.59. The van der Waals surface area contributed by atoms with E-state index in [4.69, 9.17) is 10.5 Å². The summed E-state index contributed by atoms with van der Waals surface area (Å²) in [5, 5.41) is 2.30. The molecule has 2 rings (SSSR count). The Morgan fingerprint density at radius 1 is 1.19 bits per heavy atom. The van der Waals surface area contributed by atoms with Gasteiger partial charge in [-0.1, -0.05) is 12.1 Å². The van der Waals surface area contributed by atoms with Gasteiger partial charge < -0.3 is 15.4 Å².